The number of carbonyl (C=O) groups is 1. The van der Waals surface area contributed by atoms with Crippen molar-refractivity contribution < 1.29 is 9.90 Å². The molecule has 1 aromatic carbocycles. The lowest BCUT2D eigenvalue weighted by molar-refractivity contribution is -0.137. The first-order valence-corrected chi connectivity index (χ1v) is 6.45. The predicted molar refractivity (Wildman–Crippen MR) is 73.0 cm³/mol. The molecule has 1 unspecified atom stereocenters. The number of para-hydroxylation sites is 1. The molecule has 3 nitrogen and oxygen atoms in total. The molecule has 1 aromatic rings. The van der Waals surface area contributed by atoms with Crippen molar-refractivity contribution in [3.63, 3.8) is 0 Å². The first-order chi connectivity index (χ1) is 8.40. The maximum Gasteiger partial charge on any atom is 0.303 e. The Morgan fingerprint density at radius 2 is 2.11 bits per heavy atom. The van der Waals surface area contributed by atoms with Crippen LogP contribution in [0.25, 0.3) is 0 Å². The average molecular weight is 247 g/mol. The average Bonchev–Trinajstić information content (AvgIpc) is 2.53. The van der Waals surface area contributed by atoms with Crippen molar-refractivity contribution in [2.24, 2.45) is 5.92 Å². The summed E-state index contributed by atoms with van der Waals surface area (Å²) in [5.74, 6) is -0.445. The summed E-state index contributed by atoms with van der Waals surface area (Å²) in [6.45, 7) is 7.34. The van der Waals surface area contributed by atoms with E-state index in [-0.39, 0.29) is 17.9 Å². The Morgan fingerprint density at radius 3 is 2.72 bits per heavy atom. The summed E-state index contributed by atoms with van der Waals surface area (Å²) in [4.78, 5) is 13.2. The van der Waals surface area contributed by atoms with Crippen molar-refractivity contribution in [2.45, 2.75) is 39.2 Å². The van der Waals surface area contributed by atoms with Crippen molar-refractivity contribution in [2.75, 3.05) is 11.4 Å². The van der Waals surface area contributed by atoms with Crippen LogP contribution >= 0.6 is 0 Å². The first kappa shape index (κ1) is 12.9. The van der Waals surface area contributed by atoms with Gasteiger partial charge in [0.1, 0.15) is 0 Å². The van der Waals surface area contributed by atoms with Gasteiger partial charge in [0.25, 0.3) is 0 Å². The fraction of sp³-hybridized carbons (Fsp3) is 0.533. The van der Waals surface area contributed by atoms with E-state index in [1.165, 1.54) is 11.3 Å². The Labute approximate surface area is 108 Å². The largest absolute Gasteiger partial charge is 0.481 e. The molecule has 2 rings (SSSR count). The number of hydrogen-bond donors (Lipinski definition) is 1. The zero-order valence-corrected chi connectivity index (χ0v) is 11.3. The normalized spacial score (nSPS) is 22.2. The van der Waals surface area contributed by atoms with E-state index in [0.717, 1.165) is 13.0 Å². The lowest BCUT2D eigenvalue weighted by atomic mass is 9.94. The third-order valence-corrected chi connectivity index (χ3v) is 3.83. The number of carboxylic acid groups (broad SMARTS) is 1. The SMILES string of the molecule is Cc1ccccc1N1CC(CC(=O)O)CC1(C)C. The van der Waals surface area contributed by atoms with Gasteiger partial charge in [-0.1, -0.05) is 18.2 Å². The molecule has 0 amide bonds. The molecule has 0 radical (unpaired) electrons. The molecule has 1 aliphatic heterocycles. The van der Waals surface area contributed by atoms with E-state index >= 15 is 0 Å². The van der Waals surface area contributed by atoms with Crippen LogP contribution in [0.15, 0.2) is 24.3 Å². The van der Waals surface area contributed by atoms with Crippen molar-refractivity contribution in [1.29, 1.82) is 0 Å². The fourth-order valence-corrected chi connectivity index (χ4v) is 3.06. The third kappa shape index (κ3) is 2.50. The molecule has 1 N–H and O–H groups in total. The Morgan fingerprint density at radius 1 is 1.44 bits per heavy atom. The minimum absolute atomic E-state index is 0.0340. The number of carboxylic acids is 1. The number of aryl methyl sites for hydroxylation is 1. The zero-order chi connectivity index (χ0) is 13.3. The van der Waals surface area contributed by atoms with Crippen LogP contribution < -0.4 is 4.90 Å². The summed E-state index contributed by atoms with van der Waals surface area (Å²) < 4.78 is 0. The maximum absolute atomic E-state index is 10.9. The highest BCUT2D eigenvalue weighted by molar-refractivity contribution is 5.67. The molecule has 3 heteroatoms. The van der Waals surface area contributed by atoms with Gasteiger partial charge in [0.05, 0.1) is 0 Å². The van der Waals surface area contributed by atoms with Gasteiger partial charge in [-0.25, -0.2) is 0 Å². The summed E-state index contributed by atoms with van der Waals surface area (Å²) >= 11 is 0. The summed E-state index contributed by atoms with van der Waals surface area (Å²) in [5.41, 5.74) is 2.52. The summed E-state index contributed by atoms with van der Waals surface area (Å²) in [6.07, 6.45) is 1.21. The second-order valence-corrected chi connectivity index (χ2v) is 5.88. The Balaban J connectivity index is 2.23. The van der Waals surface area contributed by atoms with Gasteiger partial charge in [-0.05, 0) is 44.7 Å². The van der Waals surface area contributed by atoms with Crippen molar-refractivity contribution in [3.05, 3.63) is 29.8 Å². The first-order valence-electron chi connectivity index (χ1n) is 6.45. The molecule has 0 saturated carbocycles. The van der Waals surface area contributed by atoms with E-state index in [4.69, 9.17) is 5.11 Å². The molecule has 1 atom stereocenters. The van der Waals surface area contributed by atoms with E-state index in [2.05, 4.69) is 37.8 Å². The standard InChI is InChI=1S/C15H21NO2/c1-11-6-4-5-7-13(11)16-10-12(8-14(17)18)9-15(16,2)3/h4-7,12H,8-10H2,1-3H3,(H,17,18). The molecule has 1 heterocycles. The van der Waals surface area contributed by atoms with Crippen LogP contribution in [-0.2, 0) is 4.79 Å². The van der Waals surface area contributed by atoms with Gasteiger partial charge in [-0.2, -0.15) is 0 Å². The lowest BCUT2D eigenvalue weighted by Crippen LogP contribution is -2.38. The highest BCUT2D eigenvalue weighted by atomic mass is 16.4. The van der Waals surface area contributed by atoms with Crippen LogP contribution in [0.1, 0.15) is 32.3 Å². The van der Waals surface area contributed by atoms with Crippen LogP contribution in [0.2, 0.25) is 0 Å². The smallest absolute Gasteiger partial charge is 0.303 e. The molecule has 0 bridgehead atoms. The minimum Gasteiger partial charge on any atom is -0.481 e. The number of anilines is 1. The molecule has 1 fully saturated rings. The van der Waals surface area contributed by atoms with Gasteiger partial charge in [-0.15, -0.1) is 0 Å². The number of rotatable bonds is 3. The van der Waals surface area contributed by atoms with Gasteiger partial charge in [0, 0.05) is 24.2 Å². The maximum atomic E-state index is 10.9. The number of hydrogen-bond acceptors (Lipinski definition) is 2. The highest BCUT2D eigenvalue weighted by Crippen LogP contribution is 2.39. The Hall–Kier alpha value is -1.51. The molecule has 0 aromatic heterocycles. The van der Waals surface area contributed by atoms with Crippen molar-refractivity contribution in [1.82, 2.24) is 0 Å². The van der Waals surface area contributed by atoms with Crippen molar-refractivity contribution >= 4 is 11.7 Å². The molecular formula is C15H21NO2. The van der Waals surface area contributed by atoms with E-state index in [1.54, 1.807) is 0 Å². The molecule has 0 spiro atoms. The van der Waals surface area contributed by atoms with E-state index in [1.807, 2.05) is 12.1 Å². The monoisotopic (exact) mass is 247 g/mol. The summed E-state index contributed by atoms with van der Waals surface area (Å²) in [7, 11) is 0. The number of benzene rings is 1. The molecule has 1 saturated heterocycles. The van der Waals surface area contributed by atoms with Crippen LogP contribution in [0.5, 0.6) is 0 Å². The highest BCUT2D eigenvalue weighted by Gasteiger charge is 2.39. The second kappa shape index (κ2) is 4.63. The molecule has 0 aliphatic carbocycles. The van der Waals surface area contributed by atoms with Gasteiger partial charge < -0.3 is 10.0 Å². The lowest BCUT2D eigenvalue weighted by Gasteiger charge is -2.34. The van der Waals surface area contributed by atoms with Crippen LogP contribution in [0.3, 0.4) is 0 Å². The quantitative estimate of drug-likeness (QED) is 0.892. The summed E-state index contributed by atoms with van der Waals surface area (Å²) in [6, 6.07) is 8.32. The van der Waals surface area contributed by atoms with Crippen LogP contribution in [0, 0.1) is 12.8 Å². The fourth-order valence-electron chi connectivity index (χ4n) is 3.06. The number of aliphatic carboxylic acids is 1. The van der Waals surface area contributed by atoms with Gasteiger partial charge in [-0.3, -0.25) is 4.79 Å². The zero-order valence-electron chi connectivity index (χ0n) is 11.3. The van der Waals surface area contributed by atoms with E-state index in [9.17, 15) is 4.79 Å². The topological polar surface area (TPSA) is 40.5 Å². The van der Waals surface area contributed by atoms with E-state index < -0.39 is 5.97 Å². The van der Waals surface area contributed by atoms with Crippen molar-refractivity contribution in [3.8, 4) is 0 Å². The second-order valence-electron chi connectivity index (χ2n) is 5.88. The predicted octanol–water partition coefficient (Wildman–Crippen LogP) is 3.07. The molecule has 98 valence electrons. The van der Waals surface area contributed by atoms with Gasteiger partial charge >= 0.3 is 5.97 Å². The minimum atomic E-state index is -0.692. The van der Waals surface area contributed by atoms with Crippen LogP contribution in [0.4, 0.5) is 5.69 Å². The Kier molecular flexibility index (Phi) is 3.33. The van der Waals surface area contributed by atoms with Gasteiger partial charge in [0.15, 0.2) is 0 Å². The molecule has 18 heavy (non-hydrogen) atoms. The van der Waals surface area contributed by atoms with E-state index in [0.29, 0.717) is 0 Å². The summed E-state index contributed by atoms with van der Waals surface area (Å²) in [5, 5.41) is 8.94. The third-order valence-electron chi connectivity index (χ3n) is 3.83. The number of nitrogens with zero attached hydrogens (tertiary/aromatic N) is 1. The molecular weight excluding hydrogens is 226 g/mol. The van der Waals surface area contributed by atoms with Crippen LogP contribution in [-0.4, -0.2) is 23.2 Å². The molecule has 1 aliphatic rings. The van der Waals surface area contributed by atoms with Gasteiger partial charge in [0.2, 0.25) is 0 Å². The Bertz CT molecular complexity index is 454.